The number of rotatable bonds is 22. The van der Waals surface area contributed by atoms with Crippen molar-refractivity contribution in [2.75, 3.05) is 31.2 Å². The van der Waals surface area contributed by atoms with Crippen molar-refractivity contribution >= 4 is 133 Å². The topological polar surface area (TPSA) is 575 Å². The molecule has 0 radical (unpaired) electrons. The number of fused-ring (bicyclic) bond motifs is 3. The van der Waals surface area contributed by atoms with Gasteiger partial charge in [-0.15, -0.1) is 11.8 Å². The number of guanidine groups is 1. The van der Waals surface area contributed by atoms with Crippen molar-refractivity contribution in [3.05, 3.63) is 120 Å². The van der Waals surface area contributed by atoms with Crippen LogP contribution in [0.25, 0.3) is 32.6 Å². The summed E-state index contributed by atoms with van der Waals surface area (Å²) in [6.07, 6.45) is 2.20. The Balaban J connectivity index is 1.28. The van der Waals surface area contributed by atoms with E-state index in [2.05, 4.69) is 73.8 Å². The van der Waals surface area contributed by atoms with Crippen LogP contribution in [-0.2, 0) is 81.6 Å². The fourth-order valence-corrected chi connectivity index (χ4v) is 13.5. The minimum Gasteiger partial charge on any atom is -0.394 e. The molecule has 1 saturated heterocycles. The van der Waals surface area contributed by atoms with E-state index in [0.717, 1.165) is 22.5 Å². The standard InChI is InChI=1S/C76H104N20O15S/c1-7-41(6)63-74(110)90-57(36-97)71(107)96-76(111)92-52(24-16-28-82-75(80)81)66(102)89-56(33-59(78)98)67(103)88-55(32-46-35-84-50-22-13-11-20-48(46)50)70(106)93-61(39(2)3)72(108)86-51(23-14-15-27-77)65(101)87-54(31-45-34-83-49-21-12-10-19-47(45)49)69(105)94-62(40(4)5)73(109)91-58(64(79)100)37-112-38-60(99)85-53(68(104)95-63)30-42-25-26-43-17-8-9-18-44(43)29-42/h8-13,17-22,25-26,29,34-35,39-41,51-58,61-63,83-84,97H,7,14-16,23-24,27-28,30-33,36-38,77H2,1-6H3,(H2,78,98)(H2,79,100)(H,85,99)(H,86,108)(H,87,101)(H,88,103)(H,89,102)(H,90,110)(H,91,109)(H,93,106)(H,94,105)(H,95,104)(H4,80,81,82)(H2,92,96,107,111)/t41-,51-,52-,53-,54+,55-,56-,57-,58-,61-,62-,63-/m0/s1. The Hall–Kier alpha value is -11.7. The number of carbonyl (C=O) groups excluding carboxylic acids is 14. The number of amides is 15. The second-order valence-electron chi connectivity index (χ2n) is 28.4. The SMILES string of the molecule is CC[C@H](C)[C@@H]1NC(=O)[C@H](Cc2ccc3ccccc3c2)NC(=O)CSC[C@@H](C(N)=O)NC(=O)[C@H](C(C)C)NC(=O)[C@@H](Cc2c[nH]c3ccccc23)NC(=O)[C@H](CCCCN)NC(=O)[C@H](C(C)C)NC(=O)[C@H](Cc2c[nH]c3ccccc23)NC(=O)[C@H](CC(N)=O)NC(=O)[C@H](CCCNC(=N)N)NC(=O)NC(=O)[C@H](CO)NC1=O. The highest BCUT2D eigenvalue weighted by Crippen LogP contribution is 2.24. The molecule has 36 heteroatoms. The first-order chi connectivity index (χ1) is 53.4. The molecule has 35 nitrogen and oxygen atoms in total. The average molecular weight is 1570 g/mol. The molecule has 12 atom stereocenters. The molecule has 1 fully saturated rings. The molecule has 25 N–H and O–H groups in total. The number of para-hydroxylation sites is 2. The number of thioether (sulfide) groups is 1. The monoisotopic (exact) mass is 1570 g/mol. The molecule has 1 aliphatic rings. The summed E-state index contributed by atoms with van der Waals surface area (Å²) in [6.45, 7) is 8.75. The maximum atomic E-state index is 15.1. The number of hydrogen-bond donors (Lipinski definition) is 21. The lowest BCUT2D eigenvalue weighted by atomic mass is 9.96. The van der Waals surface area contributed by atoms with E-state index in [4.69, 9.17) is 28.3 Å². The maximum Gasteiger partial charge on any atom is 0.322 e. The third-order valence-electron chi connectivity index (χ3n) is 19.1. The highest BCUT2D eigenvalue weighted by molar-refractivity contribution is 8.00. The van der Waals surface area contributed by atoms with Crippen LogP contribution in [0.2, 0.25) is 0 Å². The number of nitrogens with one attached hydrogen (secondary N) is 16. The van der Waals surface area contributed by atoms with E-state index in [-0.39, 0.29) is 70.2 Å². The first-order valence-corrected chi connectivity index (χ1v) is 38.3. The van der Waals surface area contributed by atoms with Gasteiger partial charge in [0.15, 0.2) is 5.96 Å². The summed E-state index contributed by atoms with van der Waals surface area (Å²) in [7, 11) is 0. The van der Waals surface area contributed by atoms with Crippen LogP contribution in [-0.4, -0.2) is 202 Å². The quantitative estimate of drug-likeness (QED) is 0.0214. The molecule has 0 aliphatic carbocycles. The fraction of sp³-hybridized carbons (Fsp3) is 0.461. The van der Waals surface area contributed by atoms with E-state index in [1.54, 1.807) is 115 Å². The number of aliphatic hydroxyl groups is 1. The summed E-state index contributed by atoms with van der Waals surface area (Å²) in [5, 5.41) is 54.5. The van der Waals surface area contributed by atoms with E-state index in [9.17, 15) is 62.6 Å². The van der Waals surface area contributed by atoms with Gasteiger partial charge in [0, 0.05) is 65.8 Å². The van der Waals surface area contributed by atoms with Crippen LogP contribution in [0.5, 0.6) is 0 Å². The van der Waals surface area contributed by atoms with Gasteiger partial charge in [-0.05, 0) is 96.0 Å². The molecule has 7 rings (SSSR count). The Morgan fingerprint density at radius 3 is 1.53 bits per heavy atom. The highest BCUT2D eigenvalue weighted by atomic mass is 32.2. The van der Waals surface area contributed by atoms with Gasteiger partial charge in [0.2, 0.25) is 70.9 Å². The molecule has 3 heterocycles. The third-order valence-corrected chi connectivity index (χ3v) is 20.1. The maximum absolute atomic E-state index is 15.1. The fourth-order valence-electron chi connectivity index (χ4n) is 12.7. The lowest BCUT2D eigenvalue weighted by Gasteiger charge is -2.29. The van der Waals surface area contributed by atoms with Gasteiger partial charge >= 0.3 is 6.03 Å². The number of aromatic amines is 2. The number of H-pyrrole nitrogens is 2. The van der Waals surface area contributed by atoms with Gasteiger partial charge < -0.3 is 102 Å². The summed E-state index contributed by atoms with van der Waals surface area (Å²) in [5.74, 6) is -16.2. The molecule has 15 amide bonds. The van der Waals surface area contributed by atoms with E-state index in [1.165, 1.54) is 0 Å². The minimum absolute atomic E-state index is 0.0283. The Bertz CT molecular complexity index is 4380. The van der Waals surface area contributed by atoms with Crippen molar-refractivity contribution in [3.8, 4) is 0 Å². The molecule has 112 heavy (non-hydrogen) atoms. The van der Waals surface area contributed by atoms with Crippen LogP contribution in [0.4, 0.5) is 4.79 Å². The zero-order valence-electron chi connectivity index (χ0n) is 63.4. The molecule has 2 aromatic heterocycles. The van der Waals surface area contributed by atoms with E-state index < -0.39 is 192 Å². The molecule has 0 saturated carbocycles. The Kier molecular flexibility index (Phi) is 33.2. The smallest absolute Gasteiger partial charge is 0.322 e. The highest BCUT2D eigenvalue weighted by Gasteiger charge is 2.39. The molecule has 6 aromatic rings. The van der Waals surface area contributed by atoms with E-state index in [1.807, 2.05) is 35.6 Å². The van der Waals surface area contributed by atoms with Crippen LogP contribution in [0.3, 0.4) is 0 Å². The van der Waals surface area contributed by atoms with Gasteiger partial charge in [0.25, 0.3) is 5.91 Å². The second kappa shape index (κ2) is 42.5. The number of aliphatic hydroxyl groups excluding tert-OH is 1. The van der Waals surface area contributed by atoms with Crippen LogP contribution in [0.1, 0.15) is 103 Å². The van der Waals surface area contributed by atoms with Crippen molar-refractivity contribution in [1.82, 2.24) is 79.1 Å². The molecule has 1 aliphatic heterocycles. The number of benzene rings is 4. The largest absolute Gasteiger partial charge is 0.394 e. The lowest BCUT2D eigenvalue weighted by Crippen LogP contribution is -2.62. The zero-order chi connectivity index (χ0) is 81.9. The van der Waals surface area contributed by atoms with Gasteiger partial charge in [-0.2, -0.15) is 0 Å². The normalized spacial score (nSPS) is 23.1. The molecular formula is C76H104N20O15S. The summed E-state index contributed by atoms with van der Waals surface area (Å²) in [5.41, 5.74) is 26.0. The molecule has 0 spiro atoms. The first-order valence-electron chi connectivity index (χ1n) is 37.1. The summed E-state index contributed by atoms with van der Waals surface area (Å²) in [4.78, 5) is 207. The summed E-state index contributed by atoms with van der Waals surface area (Å²) < 4.78 is 0. The number of imide groups is 1. The molecule has 4 aromatic carbocycles. The zero-order valence-corrected chi connectivity index (χ0v) is 64.2. The van der Waals surface area contributed by atoms with Gasteiger partial charge in [0.05, 0.1) is 18.8 Å². The van der Waals surface area contributed by atoms with Crippen molar-refractivity contribution in [2.45, 2.75) is 172 Å². The van der Waals surface area contributed by atoms with Gasteiger partial charge in [0.1, 0.15) is 66.5 Å². The number of unbranched alkanes of at least 4 members (excludes halogenated alkanes) is 1. The summed E-state index contributed by atoms with van der Waals surface area (Å²) >= 11 is 0.858. The first kappa shape index (κ1) is 87.6. The summed E-state index contributed by atoms with van der Waals surface area (Å²) in [6, 6.07) is 8.24. The van der Waals surface area contributed by atoms with Crippen molar-refractivity contribution < 1.29 is 72.2 Å². The van der Waals surface area contributed by atoms with Gasteiger partial charge in [-0.25, -0.2) is 4.79 Å². The molecule has 0 unspecified atom stereocenters. The minimum atomic E-state index is -1.91. The molecule has 604 valence electrons. The Morgan fingerprint density at radius 2 is 0.991 bits per heavy atom. The number of aromatic nitrogens is 2. The number of nitrogens with two attached hydrogens (primary N) is 4. The average Bonchev–Trinajstić information content (AvgIpc) is 1.66. The molecule has 0 bridgehead atoms. The Morgan fingerprint density at radius 1 is 0.518 bits per heavy atom. The number of hydrogen-bond acceptors (Lipinski definition) is 18. The lowest BCUT2D eigenvalue weighted by molar-refractivity contribution is -0.136. The number of urea groups is 1. The predicted molar refractivity (Wildman–Crippen MR) is 420 cm³/mol. The molecular weight excluding hydrogens is 1470 g/mol. The van der Waals surface area contributed by atoms with Crippen molar-refractivity contribution in [3.63, 3.8) is 0 Å². The van der Waals surface area contributed by atoms with Crippen LogP contribution < -0.4 is 92.1 Å². The van der Waals surface area contributed by atoms with Crippen LogP contribution in [0, 0.1) is 23.2 Å². The van der Waals surface area contributed by atoms with Crippen LogP contribution >= 0.6 is 11.8 Å². The number of carbonyl (C=O) groups is 14. The van der Waals surface area contributed by atoms with Gasteiger partial charge in [-0.1, -0.05) is 127 Å². The third kappa shape index (κ3) is 25.7. The van der Waals surface area contributed by atoms with Crippen molar-refractivity contribution in [1.29, 1.82) is 5.41 Å². The Labute approximate surface area is 651 Å². The number of primary amides is 2. The second-order valence-corrected chi connectivity index (χ2v) is 29.4. The van der Waals surface area contributed by atoms with Gasteiger partial charge in [-0.3, -0.25) is 73.1 Å². The van der Waals surface area contributed by atoms with Crippen LogP contribution in [0.15, 0.2) is 103 Å². The van der Waals surface area contributed by atoms with E-state index in [0.29, 0.717) is 44.9 Å². The van der Waals surface area contributed by atoms with E-state index >= 15 is 9.59 Å². The van der Waals surface area contributed by atoms with Crippen molar-refractivity contribution in [2.24, 2.45) is 40.7 Å². The predicted octanol–water partition coefficient (Wildman–Crippen LogP) is -1.28.